The Labute approximate surface area is 83.8 Å². The number of benzene rings is 1. The fraction of sp³-hybridized carbons (Fsp3) is 0.250. The third-order valence-corrected chi connectivity index (χ3v) is 2.07. The van der Waals surface area contributed by atoms with Gasteiger partial charge in [-0.15, -0.1) is 0 Å². The SMILES string of the molecule is NNC(c1c(F)cccc1Cl)C(F)F. The lowest BCUT2D eigenvalue weighted by Crippen LogP contribution is -2.33. The van der Waals surface area contributed by atoms with Gasteiger partial charge < -0.3 is 0 Å². The van der Waals surface area contributed by atoms with E-state index in [4.69, 9.17) is 17.4 Å². The van der Waals surface area contributed by atoms with Crippen LogP contribution in [0.3, 0.4) is 0 Å². The van der Waals surface area contributed by atoms with Crippen molar-refractivity contribution in [2.24, 2.45) is 5.84 Å². The Morgan fingerprint density at radius 2 is 2.00 bits per heavy atom. The maximum Gasteiger partial charge on any atom is 0.259 e. The molecule has 0 aliphatic heterocycles. The normalized spacial score (nSPS) is 13.3. The Hall–Kier alpha value is -0.780. The van der Waals surface area contributed by atoms with Crippen molar-refractivity contribution in [3.63, 3.8) is 0 Å². The molecule has 1 aromatic rings. The summed E-state index contributed by atoms with van der Waals surface area (Å²) in [5.74, 6) is 4.08. The summed E-state index contributed by atoms with van der Waals surface area (Å²) in [5.41, 5.74) is 1.51. The maximum absolute atomic E-state index is 13.1. The van der Waals surface area contributed by atoms with Crippen LogP contribution in [0, 0.1) is 5.82 Å². The third kappa shape index (κ3) is 2.17. The minimum Gasteiger partial charge on any atom is -0.271 e. The minimum absolute atomic E-state index is 0.0757. The second-order valence-corrected chi connectivity index (χ2v) is 3.02. The number of nitrogens with two attached hydrogens (primary N) is 1. The van der Waals surface area contributed by atoms with E-state index in [1.165, 1.54) is 12.1 Å². The highest BCUT2D eigenvalue weighted by atomic mass is 35.5. The molecule has 1 rings (SSSR count). The molecule has 0 spiro atoms. The van der Waals surface area contributed by atoms with Crippen LogP contribution in [0.1, 0.15) is 11.6 Å². The van der Waals surface area contributed by atoms with Gasteiger partial charge >= 0.3 is 0 Å². The van der Waals surface area contributed by atoms with E-state index < -0.39 is 18.3 Å². The molecule has 0 saturated carbocycles. The van der Waals surface area contributed by atoms with E-state index in [-0.39, 0.29) is 10.6 Å². The van der Waals surface area contributed by atoms with Crippen molar-refractivity contribution in [1.82, 2.24) is 5.43 Å². The lowest BCUT2D eigenvalue weighted by Gasteiger charge is -2.16. The molecule has 0 fully saturated rings. The Morgan fingerprint density at radius 3 is 2.43 bits per heavy atom. The van der Waals surface area contributed by atoms with E-state index in [9.17, 15) is 13.2 Å². The van der Waals surface area contributed by atoms with Crippen molar-refractivity contribution in [2.75, 3.05) is 0 Å². The molecule has 1 aromatic carbocycles. The van der Waals surface area contributed by atoms with Crippen LogP contribution < -0.4 is 11.3 Å². The van der Waals surface area contributed by atoms with Gasteiger partial charge in [0.1, 0.15) is 11.9 Å². The fourth-order valence-corrected chi connectivity index (χ4v) is 1.37. The Morgan fingerprint density at radius 1 is 1.36 bits per heavy atom. The predicted octanol–water partition coefficient (Wildman–Crippen LogP) is 2.25. The number of alkyl halides is 2. The lowest BCUT2D eigenvalue weighted by molar-refractivity contribution is 0.0969. The van der Waals surface area contributed by atoms with Gasteiger partial charge in [0, 0.05) is 10.6 Å². The van der Waals surface area contributed by atoms with Crippen LogP contribution in [-0.4, -0.2) is 6.43 Å². The molecule has 14 heavy (non-hydrogen) atoms. The first kappa shape index (κ1) is 11.3. The smallest absolute Gasteiger partial charge is 0.259 e. The van der Waals surface area contributed by atoms with Crippen LogP contribution in [0.5, 0.6) is 0 Å². The zero-order valence-electron chi connectivity index (χ0n) is 6.98. The fourth-order valence-electron chi connectivity index (χ4n) is 1.09. The van der Waals surface area contributed by atoms with Crippen molar-refractivity contribution in [3.05, 3.63) is 34.6 Å². The molecule has 0 radical (unpaired) electrons. The summed E-state index contributed by atoms with van der Waals surface area (Å²) in [6, 6.07) is 2.12. The summed E-state index contributed by atoms with van der Waals surface area (Å²) in [6.45, 7) is 0. The summed E-state index contributed by atoms with van der Waals surface area (Å²) >= 11 is 5.58. The average Bonchev–Trinajstić information content (AvgIpc) is 2.10. The van der Waals surface area contributed by atoms with Gasteiger partial charge in [0.25, 0.3) is 6.43 Å². The second kappa shape index (κ2) is 4.63. The monoisotopic (exact) mass is 224 g/mol. The zero-order valence-corrected chi connectivity index (χ0v) is 7.73. The number of nitrogens with one attached hydrogen (secondary N) is 1. The molecule has 78 valence electrons. The summed E-state index contributed by atoms with van der Waals surface area (Å²) in [7, 11) is 0. The summed E-state index contributed by atoms with van der Waals surface area (Å²) in [5, 5.41) is -0.0757. The minimum atomic E-state index is -2.82. The number of hydrogen-bond donors (Lipinski definition) is 2. The molecular weight excluding hydrogens is 217 g/mol. The molecule has 3 N–H and O–H groups in total. The summed E-state index contributed by atoms with van der Waals surface area (Å²) < 4.78 is 37.9. The average molecular weight is 225 g/mol. The molecular formula is C8H8ClF3N2. The molecule has 0 heterocycles. The largest absolute Gasteiger partial charge is 0.271 e. The zero-order chi connectivity index (χ0) is 10.7. The Kier molecular flexibility index (Phi) is 3.74. The number of halogens is 4. The highest BCUT2D eigenvalue weighted by Crippen LogP contribution is 2.29. The van der Waals surface area contributed by atoms with Gasteiger partial charge in [-0.25, -0.2) is 18.6 Å². The van der Waals surface area contributed by atoms with E-state index in [0.29, 0.717) is 0 Å². The van der Waals surface area contributed by atoms with Crippen LogP contribution in [-0.2, 0) is 0 Å². The standard InChI is InChI=1S/C8H8ClF3N2/c9-4-2-1-3-5(10)6(4)7(14-13)8(11)12/h1-3,7-8,14H,13H2. The van der Waals surface area contributed by atoms with Crippen LogP contribution in [0.15, 0.2) is 18.2 Å². The number of hydrogen-bond acceptors (Lipinski definition) is 2. The molecule has 0 saturated heterocycles. The first-order valence-corrected chi connectivity index (χ1v) is 4.14. The van der Waals surface area contributed by atoms with Crippen molar-refractivity contribution in [1.29, 1.82) is 0 Å². The second-order valence-electron chi connectivity index (χ2n) is 2.61. The highest BCUT2D eigenvalue weighted by molar-refractivity contribution is 6.31. The van der Waals surface area contributed by atoms with Gasteiger partial charge in [0.05, 0.1) is 0 Å². The van der Waals surface area contributed by atoms with Gasteiger partial charge in [-0.3, -0.25) is 5.84 Å². The van der Waals surface area contributed by atoms with Gasteiger partial charge in [-0.05, 0) is 12.1 Å². The lowest BCUT2D eigenvalue weighted by atomic mass is 10.1. The quantitative estimate of drug-likeness (QED) is 0.611. The first-order chi connectivity index (χ1) is 6.57. The van der Waals surface area contributed by atoms with Crippen LogP contribution in [0.25, 0.3) is 0 Å². The van der Waals surface area contributed by atoms with Crippen molar-refractivity contribution in [2.45, 2.75) is 12.5 Å². The molecule has 2 nitrogen and oxygen atoms in total. The Balaban J connectivity index is 3.15. The third-order valence-electron chi connectivity index (χ3n) is 1.74. The van der Waals surface area contributed by atoms with Crippen molar-refractivity contribution < 1.29 is 13.2 Å². The molecule has 0 aliphatic rings. The molecule has 6 heteroatoms. The van der Waals surface area contributed by atoms with Gasteiger partial charge in [-0.1, -0.05) is 17.7 Å². The summed E-state index contributed by atoms with van der Waals surface area (Å²) in [6.07, 6.45) is -2.82. The van der Waals surface area contributed by atoms with E-state index in [1.54, 1.807) is 0 Å². The number of hydrazine groups is 1. The van der Waals surface area contributed by atoms with Gasteiger partial charge in [-0.2, -0.15) is 0 Å². The van der Waals surface area contributed by atoms with E-state index in [0.717, 1.165) is 6.07 Å². The maximum atomic E-state index is 13.1. The van der Waals surface area contributed by atoms with Crippen LogP contribution in [0.4, 0.5) is 13.2 Å². The van der Waals surface area contributed by atoms with Crippen molar-refractivity contribution in [3.8, 4) is 0 Å². The number of rotatable bonds is 3. The predicted molar refractivity (Wildman–Crippen MR) is 47.5 cm³/mol. The molecule has 0 amide bonds. The highest BCUT2D eigenvalue weighted by Gasteiger charge is 2.26. The van der Waals surface area contributed by atoms with Crippen LogP contribution in [0.2, 0.25) is 5.02 Å². The molecule has 1 atom stereocenters. The molecule has 0 aliphatic carbocycles. The van der Waals surface area contributed by atoms with Gasteiger partial charge in [0.2, 0.25) is 0 Å². The topological polar surface area (TPSA) is 38.0 Å². The van der Waals surface area contributed by atoms with E-state index in [1.807, 2.05) is 5.43 Å². The van der Waals surface area contributed by atoms with Crippen molar-refractivity contribution >= 4 is 11.6 Å². The Bertz CT molecular complexity index is 299. The van der Waals surface area contributed by atoms with E-state index in [2.05, 4.69) is 0 Å². The van der Waals surface area contributed by atoms with Crippen LogP contribution >= 0.6 is 11.6 Å². The van der Waals surface area contributed by atoms with E-state index >= 15 is 0 Å². The van der Waals surface area contributed by atoms with Gasteiger partial charge in [0.15, 0.2) is 0 Å². The molecule has 0 bridgehead atoms. The molecule has 1 unspecified atom stereocenters. The molecule has 0 aromatic heterocycles. The first-order valence-electron chi connectivity index (χ1n) is 3.76. The summed E-state index contributed by atoms with van der Waals surface area (Å²) in [4.78, 5) is 0.